The van der Waals surface area contributed by atoms with Crippen LogP contribution in [-0.2, 0) is 4.74 Å². The summed E-state index contributed by atoms with van der Waals surface area (Å²) in [7, 11) is 1.00. The number of aliphatic hydroxyl groups is 1. The van der Waals surface area contributed by atoms with E-state index >= 15 is 0 Å². The van der Waals surface area contributed by atoms with Gasteiger partial charge in [-0.1, -0.05) is 20.8 Å². The first-order valence-corrected chi connectivity index (χ1v) is 4.98. The Kier molecular flexibility index (Phi) is 11.7. The average Bonchev–Trinajstić information content (AvgIpc) is 2.53. The molecule has 0 spiro atoms. The minimum absolute atomic E-state index is 0.171. The Bertz CT molecular complexity index is 88.9. The largest absolute Gasteiger partial charge is 0.400 e. The van der Waals surface area contributed by atoms with E-state index in [1.807, 2.05) is 20.8 Å². The third-order valence-electron chi connectivity index (χ3n) is 1.86. The predicted molar refractivity (Wildman–Crippen MR) is 53.6 cm³/mol. The van der Waals surface area contributed by atoms with E-state index in [0.29, 0.717) is 6.42 Å². The second-order valence-electron chi connectivity index (χ2n) is 2.62. The Morgan fingerprint density at radius 3 is 2.00 bits per heavy atom. The quantitative estimate of drug-likeness (QED) is 0.695. The summed E-state index contributed by atoms with van der Waals surface area (Å²) >= 11 is 0. The molecule has 0 aromatic heterocycles. The fourth-order valence-electron chi connectivity index (χ4n) is 1.15. The molecule has 2 nitrogen and oxygen atoms in total. The zero-order valence-corrected chi connectivity index (χ0v) is 9.38. The van der Waals surface area contributed by atoms with Crippen molar-refractivity contribution >= 4 is 0 Å². The van der Waals surface area contributed by atoms with Crippen LogP contribution in [0.3, 0.4) is 0 Å². The number of ether oxygens (including phenoxy) is 1. The van der Waals surface area contributed by atoms with Crippen LogP contribution in [0.25, 0.3) is 0 Å². The molecule has 1 fully saturated rings. The lowest BCUT2D eigenvalue weighted by molar-refractivity contribution is 0.0389. The van der Waals surface area contributed by atoms with Crippen LogP contribution in [-0.4, -0.2) is 30.6 Å². The van der Waals surface area contributed by atoms with Crippen LogP contribution in [0.2, 0.25) is 0 Å². The first-order chi connectivity index (χ1) is 6.24. The first kappa shape index (κ1) is 15.3. The van der Waals surface area contributed by atoms with Crippen LogP contribution < -0.4 is 0 Å². The molecule has 0 aliphatic carbocycles. The molecule has 1 saturated heterocycles. The highest BCUT2D eigenvalue weighted by Gasteiger charge is 2.30. The molecule has 1 aliphatic rings. The van der Waals surface area contributed by atoms with E-state index in [1.165, 1.54) is 0 Å². The van der Waals surface area contributed by atoms with Crippen LogP contribution >= 0.6 is 0 Å². The molecule has 82 valence electrons. The van der Waals surface area contributed by atoms with Crippen molar-refractivity contribution in [2.24, 2.45) is 0 Å². The van der Waals surface area contributed by atoms with Crippen LogP contribution in [0.4, 0.5) is 4.39 Å². The first-order valence-electron chi connectivity index (χ1n) is 4.98. The molecule has 3 heteroatoms. The predicted octanol–water partition coefficient (Wildman–Crippen LogP) is 2.55. The second kappa shape index (κ2) is 9.93. The normalized spacial score (nSPS) is 31.2. The molecule has 0 bridgehead atoms. The minimum atomic E-state index is -0.727. The van der Waals surface area contributed by atoms with Crippen molar-refractivity contribution in [2.45, 2.75) is 58.9 Å². The summed E-state index contributed by atoms with van der Waals surface area (Å²) in [4.78, 5) is 0. The van der Waals surface area contributed by atoms with Crippen molar-refractivity contribution in [1.82, 2.24) is 0 Å². The van der Waals surface area contributed by atoms with Gasteiger partial charge in [-0.2, -0.15) is 0 Å². The Hall–Kier alpha value is -0.150. The maximum atomic E-state index is 12.6. The van der Waals surface area contributed by atoms with E-state index in [2.05, 4.69) is 0 Å². The SMILES string of the molecule is CC.CCC1CC(F)C(C)O1.CO. The van der Waals surface area contributed by atoms with Gasteiger partial charge in [-0.05, 0) is 13.3 Å². The lowest BCUT2D eigenvalue weighted by Crippen LogP contribution is -2.10. The van der Waals surface area contributed by atoms with Crippen LogP contribution in [0.1, 0.15) is 40.5 Å². The summed E-state index contributed by atoms with van der Waals surface area (Å²) < 4.78 is 17.9. The van der Waals surface area contributed by atoms with Gasteiger partial charge in [-0.15, -0.1) is 0 Å². The van der Waals surface area contributed by atoms with E-state index in [9.17, 15) is 4.39 Å². The molecule has 0 aromatic rings. The van der Waals surface area contributed by atoms with Crippen LogP contribution in [0, 0.1) is 0 Å². The molecule has 1 heterocycles. The summed E-state index contributed by atoms with van der Waals surface area (Å²) in [6, 6.07) is 0. The zero-order chi connectivity index (χ0) is 10.9. The van der Waals surface area contributed by atoms with Crippen molar-refractivity contribution in [1.29, 1.82) is 0 Å². The van der Waals surface area contributed by atoms with Crippen LogP contribution in [0.15, 0.2) is 0 Å². The lowest BCUT2D eigenvalue weighted by atomic mass is 10.1. The van der Waals surface area contributed by atoms with Gasteiger partial charge in [0.1, 0.15) is 6.17 Å². The van der Waals surface area contributed by atoms with E-state index in [1.54, 1.807) is 6.92 Å². The molecule has 0 aromatic carbocycles. The van der Waals surface area contributed by atoms with E-state index < -0.39 is 6.17 Å². The van der Waals surface area contributed by atoms with Gasteiger partial charge in [0.05, 0.1) is 12.2 Å². The van der Waals surface area contributed by atoms with Gasteiger partial charge >= 0.3 is 0 Å². The Labute approximate surface area is 81.1 Å². The fraction of sp³-hybridized carbons (Fsp3) is 1.00. The van der Waals surface area contributed by atoms with E-state index in [4.69, 9.17) is 9.84 Å². The lowest BCUT2D eigenvalue weighted by Gasteiger charge is -2.05. The maximum absolute atomic E-state index is 12.6. The smallest absolute Gasteiger partial charge is 0.128 e. The highest BCUT2D eigenvalue weighted by molar-refractivity contribution is 4.78. The molecule has 13 heavy (non-hydrogen) atoms. The molecular formula is C10H23FO2. The third-order valence-corrected chi connectivity index (χ3v) is 1.86. The molecule has 3 unspecified atom stereocenters. The van der Waals surface area contributed by atoms with Crippen molar-refractivity contribution in [3.63, 3.8) is 0 Å². The number of aliphatic hydroxyl groups excluding tert-OH is 1. The Balaban J connectivity index is 0. The Morgan fingerprint density at radius 2 is 1.85 bits per heavy atom. The van der Waals surface area contributed by atoms with Crippen molar-refractivity contribution in [2.75, 3.05) is 7.11 Å². The molecule has 0 radical (unpaired) electrons. The fourth-order valence-corrected chi connectivity index (χ4v) is 1.15. The number of hydrogen-bond donors (Lipinski definition) is 1. The summed E-state index contributed by atoms with van der Waals surface area (Å²) in [6.07, 6.45) is 0.808. The summed E-state index contributed by atoms with van der Waals surface area (Å²) in [5.41, 5.74) is 0. The van der Waals surface area contributed by atoms with E-state index in [0.717, 1.165) is 13.5 Å². The van der Waals surface area contributed by atoms with Crippen molar-refractivity contribution in [3.8, 4) is 0 Å². The van der Waals surface area contributed by atoms with Crippen molar-refractivity contribution < 1.29 is 14.2 Å². The number of alkyl halides is 1. The highest BCUT2D eigenvalue weighted by Crippen LogP contribution is 2.24. The van der Waals surface area contributed by atoms with Gasteiger partial charge in [0.25, 0.3) is 0 Å². The van der Waals surface area contributed by atoms with Crippen LogP contribution in [0.5, 0.6) is 0 Å². The molecule has 1 N–H and O–H groups in total. The summed E-state index contributed by atoms with van der Waals surface area (Å²) in [5.74, 6) is 0. The van der Waals surface area contributed by atoms with Gasteiger partial charge in [0, 0.05) is 13.5 Å². The molecule has 1 aliphatic heterocycles. The topological polar surface area (TPSA) is 29.5 Å². The second-order valence-corrected chi connectivity index (χ2v) is 2.62. The number of halogens is 1. The average molecular weight is 194 g/mol. The summed E-state index contributed by atoms with van der Waals surface area (Å²) in [5, 5.41) is 7.00. The van der Waals surface area contributed by atoms with Gasteiger partial charge in [0.2, 0.25) is 0 Å². The number of rotatable bonds is 1. The van der Waals surface area contributed by atoms with Gasteiger partial charge < -0.3 is 9.84 Å². The maximum Gasteiger partial charge on any atom is 0.128 e. The Morgan fingerprint density at radius 1 is 1.38 bits per heavy atom. The molecule has 0 amide bonds. The van der Waals surface area contributed by atoms with Gasteiger partial charge in [-0.25, -0.2) is 4.39 Å². The van der Waals surface area contributed by atoms with Gasteiger partial charge in [-0.3, -0.25) is 0 Å². The standard InChI is InChI=1S/C7H13FO.C2H6.CH4O/c1-3-6-4-7(8)5(2)9-6;2*1-2/h5-7H,3-4H2,1-2H3;1-2H3;2H,1H3. The minimum Gasteiger partial charge on any atom is -0.400 e. The monoisotopic (exact) mass is 194 g/mol. The molecular weight excluding hydrogens is 171 g/mol. The van der Waals surface area contributed by atoms with E-state index in [-0.39, 0.29) is 12.2 Å². The summed E-state index contributed by atoms with van der Waals surface area (Å²) in [6.45, 7) is 7.82. The molecule has 0 saturated carbocycles. The molecule has 3 atom stereocenters. The third kappa shape index (κ3) is 5.99. The molecule has 1 rings (SSSR count). The van der Waals surface area contributed by atoms with Gasteiger partial charge in [0.15, 0.2) is 0 Å². The van der Waals surface area contributed by atoms with Crippen molar-refractivity contribution in [3.05, 3.63) is 0 Å². The number of hydrogen-bond acceptors (Lipinski definition) is 2. The highest BCUT2D eigenvalue weighted by atomic mass is 19.1. The zero-order valence-electron chi connectivity index (χ0n) is 9.38.